The maximum absolute atomic E-state index is 14.1. The fourth-order valence-electron chi connectivity index (χ4n) is 2.90. The second kappa shape index (κ2) is 7.87. The Balaban J connectivity index is 2.34. The molecule has 0 saturated heterocycles. The molecule has 0 bridgehead atoms. The number of anilines is 1. The van der Waals surface area contributed by atoms with Gasteiger partial charge in [0.25, 0.3) is 5.91 Å². The van der Waals surface area contributed by atoms with E-state index in [9.17, 15) is 19.1 Å². The van der Waals surface area contributed by atoms with Gasteiger partial charge in [0.05, 0.1) is 16.8 Å². The number of amides is 1. The zero-order valence-electron chi connectivity index (χ0n) is 14.4. The van der Waals surface area contributed by atoms with Crippen molar-refractivity contribution >= 4 is 29.2 Å². The molecule has 7 heteroatoms. The highest BCUT2D eigenvalue weighted by molar-refractivity contribution is 6.32. The highest BCUT2D eigenvalue weighted by Gasteiger charge is 2.29. The largest absolute Gasteiger partial charge is 0.489 e. The van der Waals surface area contributed by atoms with Crippen molar-refractivity contribution in [3.63, 3.8) is 0 Å². The van der Waals surface area contributed by atoms with Crippen LogP contribution in [0.15, 0.2) is 23.3 Å². The van der Waals surface area contributed by atoms with Gasteiger partial charge in [0, 0.05) is 17.2 Å². The summed E-state index contributed by atoms with van der Waals surface area (Å²) in [7, 11) is 0. The topological polar surface area (TPSA) is 75.6 Å². The van der Waals surface area contributed by atoms with Gasteiger partial charge < -0.3 is 15.2 Å². The van der Waals surface area contributed by atoms with Crippen LogP contribution in [0.2, 0.25) is 5.02 Å². The van der Waals surface area contributed by atoms with Crippen molar-refractivity contribution in [2.75, 3.05) is 5.32 Å². The number of aliphatic carboxylic acids is 1. The molecule has 0 aromatic heterocycles. The molecular weight excluding hydrogens is 349 g/mol. The van der Waals surface area contributed by atoms with E-state index < -0.39 is 17.7 Å². The van der Waals surface area contributed by atoms with Crippen LogP contribution in [0.25, 0.3) is 0 Å². The van der Waals surface area contributed by atoms with Crippen LogP contribution in [-0.4, -0.2) is 23.1 Å². The average molecular weight is 370 g/mol. The van der Waals surface area contributed by atoms with Gasteiger partial charge in [-0.2, -0.15) is 0 Å². The third-order valence-corrected chi connectivity index (χ3v) is 4.31. The Bertz CT molecular complexity index is 730. The Morgan fingerprint density at radius 2 is 2.08 bits per heavy atom. The maximum Gasteiger partial charge on any atom is 0.332 e. The van der Waals surface area contributed by atoms with Crippen molar-refractivity contribution in [3.05, 3.63) is 34.1 Å². The normalized spacial score (nSPS) is 17.6. The van der Waals surface area contributed by atoms with Crippen LogP contribution in [0.4, 0.5) is 10.1 Å². The van der Waals surface area contributed by atoms with E-state index in [1.54, 1.807) is 20.8 Å². The molecule has 2 rings (SSSR count). The number of carboxylic acids is 1. The van der Waals surface area contributed by atoms with E-state index in [4.69, 9.17) is 16.3 Å². The highest BCUT2D eigenvalue weighted by atomic mass is 35.5. The zero-order valence-corrected chi connectivity index (χ0v) is 15.1. The first kappa shape index (κ1) is 19.2. The number of hydrogen-bond acceptors (Lipinski definition) is 3. The third kappa shape index (κ3) is 4.51. The predicted octanol–water partition coefficient (Wildman–Crippen LogP) is 4.41. The molecular formula is C18H21ClFNO4. The summed E-state index contributed by atoms with van der Waals surface area (Å²) in [6.07, 6.45) is 1.60. The molecule has 2 N–H and O–H groups in total. The SMILES string of the molecule is CC(C)Oc1cc(NC(=O)C2=C(C(=O)O)C(C)CCC2)c(F)cc1Cl. The summed E-state index contributed by atoms with van der Waals surface area (Å²) >= 11 is 5.95. The summed E-state index contributed by atoms with van der Waals surface area (Å²) in [5.74, 6) is -2.41. The summed E-state index contributed by atoms with van der Waals surface area (Å²) in [4.78, 5) is 24.0. The first-order chi connectivity index (χ1) is 11.7. The molecule has 0 saturated carbocycles. The lowest BCUT2D eigenvalue weighted by Gasteiger charge is -2.23. The first-order valence-electron chi connectivity index (χ1n) is 8.14. The summed E-state index contributed by atoms with van der Waals surface area (Å²) in [6, 6.07) is 2.37. The number of carbonyl (C=O) groups excluding carboxylic acids is 1. The molecule has 1 aliphatic carbocycles. The van der Waals surface area contributed by atoms with Gasteiger partial charge in [-0.1, -0.05) is 18.5 Å². The molecule has 0 spiro atoms. The van der Waals surface area contributed by atoms with Crippen molar-refractivity contribution in [1.29, 1.82) is 0 Å². The van der Waals surface area contributed by atoms with Gasteiger partial charge in [-0.15, -0.1) is 0 Å². The number of benzene rings is 1. The van der Waals surface area contributed by atoms with Crippen LogP contribution in [0.5, 0.6) is 5.75 Å². The van der Waals surface area contributed by atoms with Crippen LogP contribution in [0.3, 0.4) is 0 Å². The standard InChI is InChI=1S/C18H21ClFNO4/c1-9(2)25-15-8-14(13(20)7-12(15)19)21-17(22)11-6-4-5-10(3)16(11)18(23)24/h7-10H,4-6H2,1-3H3,(H,21,22)(H,23,24). The van der Waals surface area contributed by atoms with Crippen molar-refractivity contribution in [1.82, 2.24) is 0 Å². The highest BCUT2D eigenvalue weighted by Crippen LogP contribution is 2.34. The molecule has 0 radical (unpaired) electrons. The predicted molar refractivity (Wildman–Crippen MR) is 93.5 cm³/mol. The summed E-state index contributed by atoms with van der Waals surface area (Å²) in [6.45, 7) is 5.37. The van der Waals surface area contributed by atoms with Crippen LogP contribution in [-0.2, 0) is 9.59 Å². The summed E-state index contributed by atoms with van der Waals surface area (Å²) in [5, 5.41) is 11.9. The Morgan fingerprint density at radius 3 is 2.68 bits per heavy atom. The average Bonchev–Trinajstić information content (AvgIpc) is 2.50. The Kier molecular flexibility index (Phi) is 6.06. The van der Waals surface area contributed by atoms with E-state index in [1.807, 2.05) is 0 Å². The van der Waals surface area contributed by atoms with Crippen molar-refractivity contribution in [2.45, 2.75) is 46.1 Å². The van der Waals surface area contributed by atoms with Gasteiger partial charge in [0.2, 0.25) is 0 Å². The van der Waals surface area contributed by atoms with Gasteiger partial charge in [0.15, 0.2) is 0 Å². The zero-order chi connectivity index (χ0) is 18.7. The monoisotopic (exact) mass is 369 g/mol. The van der Waals surface area contributed by atoms with Gasteiger partial charge in [-0.05, 0) is 45.1 Å². The van der Waals surface area contributed by atoms with Gasteiger partial charge in [-0.3, -0.25) is 4.79 Å². The van der Waals surface area contributed by atoms with E-state index in [1.165, 1.54) is 6.07 Å². The molecule has 0 aliphatic heterocycles. The minimum absolute atomic E-state index is 0.0942. The molecule has 1 atom stereocenters. The minimum atomic E-state index is -1.11. The maximum atomic E-state index is 14.1. The Morgan fingerprint density at radius 1 is 1.40 bits per heavy atom. The summed E-state index contributed by atoms with van der Waals surface area (Å²) < 4.78 is 19.6. The first-order valence-corrected chi connectivity index (χ1v) is 8.51. The molecule has 1 aliphatic rings. The van der Waals surface area contributed by atoms with E-state index in [0.717, 1.165) is 6.07 Å². The molecule has 1 aromatic rings. The van der Waals surface area contributed by atoms with Crippen LogP contribution in [0, 0.1) is 11.7 Å². The van der Waals surface area contributed by atoms with Crippen molar-refractivity contribution in [3.8, 4) is 5.75 Å². The van der Waals surface area contributed by atoms with Crippen LogP contribution in [0.1, 0.15) is 40.0 Å². The second-order valence-electron chi connectivity index (χ2n) is 6.37. The van der Waals surface area contributed by atoms with Gasteiger partial charge >= 0.3 is 5.97 Å². The van der Waals surface area contributed by atoms with Crippen molar-refractivity contribution in [2.24, 2.45) is 5.92 Å². The third-order valence-electron chi connectivity index (χ3n) is 4.02. The second-order valence-corrected chi connectivity index (χ2v) is 6.78. The molecule has 1 aromatic carbocycles. The van der Waals surface area contributed by atoms with Gasteiger partial charge in [-0.25, -0.2) is 9.18 Å². The Hall–Kier alpha value is -2.08. The molecule has 0 heterocycles. The molecule has 5 nitrogen and oxygen atoms in total. The number of ether oxygens (including phenoxy) is 1. The summed E-state index contributed by atoms with van der Waals surface area (Å²) in [5.41, 5.74) is 0.184. The molecule has 136 valence electrons. The number of halogens is 2. The fourth-order valence-corrected chi connectivity index (χ4v) is 3.10. The number of hydrogen-bond donors (Lipinski definition) is 2. The Labute approximate surface area is 150 Å². The number of carbonyl (C=O) groups is 2. The fraction of sp³-hybridized carbons (Fsp3) is 0.444. The lowest BCUT2D eigenvalue weighted by atomic mass is 9.83. The molecule has 25 heavy (non-hydrogen) atoms. The van der Waals surface area contributed by atoms with E-state index in [0.29, 0.717) is 19.3 Å². The van der Waals surface area contributed by atoms with Crippen LogP contribution < -0.4 is 10.1 Å². The number of rotatable bonds is 5. The molecule has 1 unspecified atom stereocenters. The van der Waals surface area contributed by atoms with Gasteiger partial charge in [0.1, 0.15) is 11.6 Å². The van der Waals surface area contributed by atoms with E-state index >= 15 is 0 Å². The van der Waals surface area contributed by atoms with Crippen LogP contribution >= 0.6 is 11.6 Å². The molecule has 1 amide bonds. The van der Waals surface area contributed by atoms with Crippen molar-refractivity contribution < 1.29 is 23.8 Å². The molecule has 0 fully saturated rings. The lowest BCUT2D eigenvalue weighted by Crippen LogP contribution is -2.25. The van der Waals surface area contributed by atoms with E-state index in [2.05, 4.69) is 5.32 Å². The number of carboxylic acid groups (broad SMARTS) is 1. The van der Waals surface area contributed by atoms with E-state index in [-0.39, 0.29) is 39.6 Å². The lowest BCUT2D eigenvalue weighted by molar-refractivity contribution is -0.133. The smallest absolute Gasteiger partial charge is 0.332 e. The number of nitrogens with one attached hydrogen (secondary N) is 1. The minimum Gasteiger partial charge on any atom is -0.489 e. The quantitative estimate of drug-likeness (QED) is 0.806.